The summed E-state index contributed by atoms with van der Waals surface area (Å²) in [5.74, 6) is -0.510. The number of nitrogens with two attached hydrogens (primary N) is 1. The van der Waals surface area contributed by atoms with Gasteiger partial charge in [0.1, 0.15) is 0 Å². The van der Waals surface area contributed by atoms with E-state index in [1.165, 1.54) is 7.11 Å². The van der Waals surface area contributed by atoms with Gasteiger partial charge < -0.3 is 20.7 Å². The minimum atomic E-state index is -0.454. The topological polar surface area (TPSA) is 84.7 Å². The number of piperidine rings is 1. The van der Waals surface area contributed by atoms with Crippen molar-refractivity contribution >= 4 is 23.3 Å². The molecular weight excluding hydrogens is 270 g/mol. The Labute approximate surface area is 124 Å². The van der Waals surface area contributed by atoms with E-state index in [0.717, 1.165) is 25.9 Å². The minimum Gasteiger partial charge on any atom is -0.465 e. The molecule has 0 unspecified atom stereocenters. The van der Waals surface area contributed by atoms with Crippen molar-refractivity contribution in [3.05, 3.63) is 23.8 Å². The van der Waals surface area contributed by atoms with Gasteiger partial charge in [0.25, 0.3) is 0 Å². The molecule has 21 heavy (non-hydrogen) atoms. The molecule has 0 aromatic heterocycles. The molecule has 1 aromatic rings. The first kappa shape index (κ1) is 15.3. The zero-order chi connectivity index (χ0) is 15.4. The Hall–Kier alpha value is -2.08. The predicted molar refractivity (Wildman–Crippen MR) is 81.0 cm³/mol. The van der Waals surface area contributed by atoms with Gasteiger partial charge in [-0.25, -0.2) is 4.79 Å². The molecule has 0 bridgehead atoms. The van der Waals surface area contributed by atoms with Gasteiger partial charge in [0, 0.05) is 5.92 Å². The summed E-state index contributed by atoms with van der Waals surface area (Å²) in [4.78, 5) is 26.0. The maximum Gasteiger partial charge on any atom is 0.337 e. The molecule has 6 nitrogen and oxygen atoms in total. The quantitative estimate of drug-likeness (QED) is 0.648. The lowest BCUT2D eigenvalue weighted by Crippen LogP contribution is -2.36. The van der Waals surface area contributed by atoms with Crippen LogP contribution in [0.4, 0.5) is 11.4 Å². The van der Waals surface area contributed by atoms with E-state index in [0.29, 0.717) is 16.9 Å². The van der Waals surface area contributed by atoms with Crippen LogP contribution >= 0.6 is 0 Å². The second-order valence-electron chi connectivity index (χ2n) is 5.36. The zero-order valence-corrected chi connectivity index (χ0v) is 12.4. The van der Waals surface area contributed by atoms with Crippen LogP contribution in [0.2, 0.25) is 0 Å². The predicted octanol–water partition coefficient (Wildman–Crippen LogP) is 1.34. The number of benzene rings is 1. The third-order valence-electron chi connectivity index (χ3n) is 3.82. The van der Waals surface area contributed by atoms with Crippen molar-refractivity contribution in [2.24, 2.45) is 5.92 Å². The molecule has 1 aliphatic heterocycles. The molecule has 1 heterocycles. The van der Waals surface area contributed by atoms with Crippen LogP contribution in [0.5, 0.6) is 0 Å². The van der Waals surface area contributed by atoms with Crippen molar-refractivity contribution in [2.45, 2.75) is 12.8 Å². The van der Waals surface area contributed by atoms with Crippen LogP contribution in [-0.2, 0) is 9.53 Å². The number of ether oxygens (including phenoxy) is 1. The Morgan fingerprint density at radius 2 is 2.00 bits per heavy atom. The molecule has 3 N–H and O–H groups in total. The smallest absolute Gasteiger partial charge is 0.337 e. The lowest BCUT2D eigenvalue weighted by atomic mass is 9.96. The number of carbonyl (C=O) groups excluding carboxylic acids is 2. The van der Waals surface area contributed by atoms with Crippen LogP contribution in [0.15, 0.2) is 18.2 Å². The molecule has 0 aliphatic carbocycles. The number of rotatable bonds is 3. The average molecular weight is 291 g/mol. The normalized spacial score (nSPS) is 16.5. The Bertz CT molecular complexity index is 537. The summed E-state index contributed by atoms with van der Waals surface area (Å²) in [7, 11) is 3.36. The second kappa shape index (κ2) is 6.58. The molecule has 2 rings (SSSR count). The number of anilines is 2. The Morgan fingerprint density at radius 1 is 1.33 bits per heavy atom. The summed E-state index contributed by atoms with van der Waals surface area (Å²) in [5, 5.41) is 2.82. The molecule has 1 amide bonds. The van der Waals surface area contributed by atoms with Crippen molar-refractivity contribution in [2.75, 3.05) is 38.3 Å². The summed E-state index contributed by atoms with van der Waals surface area (Å²) in [6.07, 6.45) is 1.66. The van der Waals surface area contributed by atoms with Crippen molar-refractivity contribution in [1.29, 1.82) is 0 Å². The van der Waals surface area contributed by atoms with Crippen LogP contribution in [0.3, 0.4) is 0 Å². The van der Waals surface area contributed by atoms with Crippen molar-refractivity contribution < 1.29 is 14.3 Å². The summed E-state index contributed by atoms with van der Waals surface area (Å²) in [6, 6.07) is 4.72. The molecule has 1 fully saturated rings. The molecule has 0 spiro atoms. The third kappa shape index (κ3) is 3.72. The van der Waals surface area contributed by atoms with E-state index in [1.807, 2.05) is 7.05 Å². The average Bonchev–Trinajstić information content (AvgIpc) is 2.49. The van der Waals surface area contributed by atoms with Gasteiger partial charge in [0.2, 0.25) is 5.91 Å². The van der Waals surface area contributed by atoms with Gasteiger partial charge in [-0.1, -0.05) is 0 Å². The molecule has 1 aromatic carbocycles. The maximum absolute atomic E-state index is 12.3. The Kier molecular flexibility index (Phi) is 4.80. The van der Waals surface area contributed by atoms with E-state index in [-0.39, 0.29) is 11.8 Å². The van der Waals surface area contributed by atoms with Crippen molar-refractivity contribution in [1.82, 2.24) is 4.90 Å². The van der Waals surface area contributed by atoms with Crippen molar-refractivity contribution in [3.63, 3.8) is 0 Å². The highest BCUT2D eigenvalue weighted by Crippen LogP contribution is 2.23. The standard InChI is InChI=1S/C15H21N3O3/c1-18-7-5-10(6-8-18)14(19)17-13-9-11(15(20)21-2)3-4-12(13)16/h3-4,9-10H,5-8,16H2,1-2H3,(H,17,19). The first-order chi connectivity index (χ1) is 10.0. The van der Waals surface area contributed by atoms with Crippen molar-refractivity contribution in [3.8, 4) is 0 Å². The highest BCUT2D eigenvalue weighted by atomic mass is 16.5. The first-order valence-electron chi connectivity index (χ1n) is 6.98. The molecule has 0 atom stereocenters. The fraction of sp³-hybridized carbons (Fsp3) is 0.467. The molecule has 1 saturated heterocycles. The first-order valence-corrected chi connectivity index (χ1v) is 6.98. The molecule has 0 saturated carbocycles. The van der Waals surface area contributed by atoms with Crippen LogP contribution in [0, 0.1) is 5.92 Å². The van der Waals surface area contributed by atoms with Gasteiger partial charge in [-0.3, -0.25) is 4.79 Å². The van der Waals surface area contributed by atoms with E-state index in [2.05, 4.69) is 15.0 Å². The van der Waals surface area contributed by atoms with Gasteiger partial charge in [-0.15, -0.1) is 0 Å². The number of amides is 1. The number of hydrogen-bond acceptors (Lipinski definition) is 5. The van der Waals surface area contributed by atoms with Gasteiger partial charge in [-0.2, -0.15) is 0 Å². The lowest BCUT2D eigenvalue weighted by molar-refractivity contribution is -0.121. The molecule has 114 valence electrons. The number of esters is 1. The summed E-state index contributed by atoms with van der Waals surface area (Å²) in [6.45, 7) is 1.82. The van der Waals surface area contributed by atoms with Crippen LogP contribution < -0.4 is 11.1 Å². The van der Waals surface area contributed by atoms with E-state index in [1.54, 1.807) is 18.2 Å². The van der Waals surface area contributed by atoms with Gasteiger partial charge in [0.05, 0.1) is 24.0 Å². The largest absolute Gasteiger partial charge is 0.465 e. The Morgan fingerprint density at radius 3 is 2.62 bits per heavy atom. The maximum atomic E-state index is 12.3. The highest BCUT2D eigenvalue weighted by molar-refractivity contribution is 5.98. The highest BCUT2D eigenvalue weighted by Gasteiger charge is 2.24. The third-order valence-corrected chi connectivity index (χ3v) is 3.82. The fourth-order valence-corrected chi connectivity index (χ4v) is 2.41. The molecule has 6 heteroatoms. The SMILES string of the molecule is COC(=O)c1ccc(N)c(NC(=O)C2CCN(C)CC2)c1. The Balaban J connectivity index is 2.08. The second-order valence-corrected chi connectivity index (χ2v) is 5.36. The fourth-order valence-electron chi connectivity index (χ4n) is 2.41. The zero-order valence-electron chi connectivity index (χ0n) is 12.4. The van der Waals surface area contributed by atoms with Gasteiger partial charge >= 0.3 is 5.97 Å². The van der Waals surface area contributed by atoms with Gasteiger partial charge in [0.15, 0.2) is 0 Å². The van der Waals surface area contributed by atoms with E-state index in [9.17, 15) is 9.59 Å². The lowest BCUT2D eigenvalue weighted by Gasteiger charge is -2.28. The number of hydrogen-bond donors (Lipinski definition) is 2. The number of methoxy groups -OCH3 is 1. The van der Waals surface area contributed by atoms with E-state index in [4.69, 9.17) is 5.73 Å². The summed E-state index contributed by atoms with van der Waals surface area (Å²) >= 11 is 0. The number of nitrogens with zero attached hydrogens (tertiary/aromatic N) is 1. The van der Waals surface area contributed by atoms with E-state index < -0.39 is 5.97 Å². The number of nitrogens with one attached hydrogen (secondary N) is 1. The van der Waals surface area contributed by atoms with Crippen LogP contribution in [-0.4, -0.2) is 44.0 Å². The number of nitrogen functional groups attached to an aromatic ring is 1. The summed E-state index contributed by atoms with van der Waals surface area (Å²) in [5.41, 5.74) is 7.12. The molecule has 1 aliphatic rings. The monoisotopic (exact) mass is 291 g/mol. The minimum absolute atomic E-state index is 0.0117. The number of likely N-dealkylation sites (tertiary alicyclic amines) is 1. The summed E-state index contributed by atoms with van der Waals surface area (Å²) < 4.78 is 4.67. The molecular formula is C15H21N3O3. The van der Waals surface area contributed by atoms with Crippen LogP contribution in [0.1, 0.15) is 23.2 Å². The molecule has 0 radical (unpaired) electrons. The number of carbonyl (C=O) groups is 2. The van der Waals surface area contributed by atoms with E-state index >= 15 is 0 Å². The van der Waals surface area contributed by atoms with Gasteiger partial charge in [-0.05, 0) is 51.2 Å². The van der Waals surface area contributed by atoms with Crippen LogP contribution in [0.25, 0.3) is 0 Å².